The zero-order chi connectivity index (χ0) is 26.2. The standard InChI is InChI=1S/C36H22N4/c1-2-12-28-26(10-1)29-21-34-30(22-35(29)40-33-15-6-4-13-31(33)38-36(28)40)27-11-3-5-14-32(27)39(34)25-9-7-8-24(20-25)23-16-18-37-19-17-23/h1-22H. The Morgan fingerprint density at radius 2 is 1.15 bits per heavy atom. The lowest BCUT2D eigenvalue weighted by Gasteiger charge is -2.12. The van der Waals surface area contributed by atoms with Gasteiger partial charge in [0, 0.05) is 39.6 Å². The number of para-hydroxylation sites is 3. The minimum Gasteiger partial charge on any atom is -0.309 e. The molecule has 4 aromatic heterocycles. The second-order valence-corrected chi connectivity index (χ2v) is 10.3. The highest BCUT2D eigenvalue weighted by atomic mass is 15.0. The molecule has 4 heteroatoms. The highest BCUT2D eigenvalue weighted by Gasteiger charge is 2.18. The van der Waals surface area contributed by atoms with Gasteiger partial charge in [-0.15, -0.1) is 0 Å². The number of benzene rings is 5. The molecule has 4 heterocycles. The number of imidazole rings is 1. The first-order valence-corrected chi connectivity index (χ1v) is 13.5. The molecule has 0 unspecified atom stereocenters. The summed E-state index contributed by atoms with van der Waals surface area (Å²) in [6, 6.07) is 43.4. The first-order valence-electron chi connectivity index (χ1n) is 13.5. The molecule has 9 aromatic rings. The minimum absolute atomic E-state index is 0.998. The lowest BCUT2D eigenvalue weighted by molar-refractivity contribution is 1.18. The summed E-state index contributed by atoms with van der Waals surface area (Å²) >= 11 is 0. The number of rotatable bonds is 2. The van der Waals surface area contributed by atoms with Crippen molar-refractivity contribution in [2.45, 2.75) is 0 Å². The van der Waals surface area contributed by atoms with Crippen molar-refractivity contribution >= 4 is 60.2 Å². The van der Waals surface area contributed by atoms with Crippen LogP contribution in [0.4, 0.5) is 0 Å². The van der Waals surface area contributed by atoms with E-state index in [-0.39, 0.29) is 0 Å². The van der Waals surface area contributed by atoms with Gasteiger partial charge in [-0.2, -0.15) is 0 Å². The van der Waals surface area contributed by atoms with Crippen LogP contribution in [0.25, 0.3) is 77.0 Å². The zero-order valence-corrected chi connectivity index (χ0v) is 21.5. The Morgan fingerprint density at radius 1 is 0.450 bits per heavy atom. The van der Waals surface area contributed by atoms with Crippen molar-refractivity contribution in [3.05, 3.63) is 134 Å². The summed E-state index contributed by atoms with van der Waals surface area (Å²) in [5.41, 5.74) is 10.1. The Morgan fingerprint density at radius 3 is 2.02 bits per heavy atom. The van der Waals surface area contributed by atoms with Gasteiger partial charge in [0.2, 0.25) is 0 Å². The average molecular weight is 511 g/mol. The molecule has 5 aromatic carbocycles. The van der Waals surface area contributed by atoms with Gasteiger partial charge in [0.25, 0.3) is 0 Å². The topological polar surface area (TPSA) is 35.1 Å². The van der Waals surface area contributed by atoms with Gasteiger partial charge in [-0.3, -0.25) is 9.38 Å². The van der Waals surface area contributed by atoms with Crippen molar-refractivity contribution < 1.29 is 0 Å². The number of fused-ring (bicyclic) bond motifs is 11. The van der Waals surface area contributed by atoms with Gasteiger partial charge in [0.05, 0.1) is 27.6 Å². The van der Waals surface area contributed by atoms with E-state index in [0.717, 1.165) is 33.3 Å². The minimum atomic E-state index is 0.998. The molecule has 0 N–H and O–H groups in total. The number of nitrogens with zero attached hydrogens (tertiary/aromatic N) is 4. The maximum absolute atomic E-state index is 5.08. The zero-order valence-electron chi connectivity index (χ0n) is 21.5. The monoisotopic (exact) mass is 510 g/mol. The second-order valence-electron chi connectivity index (χ2n) is 10.3. The van der Waals surface area contributed by atoms with Crippen LogP contribution in [0.1, 0.15) is 0 Å². The molecule has 186 valence electrons. The van der Waals surface area contributed by atoms with Gasteiger partial charge in [0.15, 0.2) is 0 Å². The molecule has 0 radical (unpaired) electrons. The third-order valence-corrected chi connectivity index (χ3v) is 8.17. The Bertz CT molecular complexity index is 2430. The normalized spacial score (nSPS) is 12.0. The van der Waals surface area contributed by atoms with Crippen molar-refractivity contribution in [2.75, 3.05) is 0 Å². The largest absolute Gasteiger partial charge is 0.309 e. The molecule has 40 heavy (non-hydrogen) atoms. The van der Waals surface area contributed by atoms with Crippen molar-refractivity contribution in [1.82, 2.24) is 18.9 Å². The first kappa shape index (κ1) is 21.5. The lowest BCUT2D eigenvalue weighted by Crippen LogP contribution is -1.96. The van der Waals surface area contributed by atoms with E-state index in [9.17, 15) is 0 Å². The molecule has 4 nitrogen and oxygen atoms in total. The van der Waals surface area contributed by atoms with Gasteiger partial charge < -0.3 is 4.57 Å². The van der Waals surface area contributed by atoms with E-state index >= 15 is 0 Å². The van der Waals surface area contributed by atoms with Gasteiger partial charge in [-0.05, 0) is 71.1 Å². The summed E-state index contributed by atoms with van der Waals surface area (Å²) in [4.78, 5) is 9.28. The highest BCUT2D eigenvalue weighted by molar-refractivity contribution is 6.20. The first-order chi connectivity index (χ1) is 19.8. The third kappa shape index (κ3) is 2.90. The van der Waals surface area contributed by atoms with E-state index in [0.29, 0.717) is 0 Å². The third-order valence-electron chi connectivity index (χ3n) is 8.17. The number of aromatic nitrogens is 4. The second kappa shape index (κ2) is 8.01. The molecule has 0 fully saturated rings. The highest BCUT2D eigenvalue weighted by Crippen LogP contribution is 2.39. The van der Waals surface area contributed by atoms with Gasteiger partial charge in [0.1, 0.15) is 5.65 Å². The Hall–Kier alpha value is -5.48. The fourth-order valence-electron chi connectivity index (χ4n) is 6.42. The maximum atomic E-state index is 5.08. The molecule has 0 saturated carbocycles. The molecule has 0 bridgehead atoms. The Labute approximate surface area is 229 Å². The summed E-state index contributed by atoms with van der Waals surface area (Å²) in [5.74, 6) is 0. The van der Waals surface area contributed by atoms with Crippen molar-refractivity contribution in [2.24, 2.45) is 0 Å². The summed E-state index contributed by atoms with van der Waals surface area (Å²) in [6.45, 7) is 0. The molecular formula is C36H22N4. The molecule has 0 saturated heterocycles. The van der Waals surface area contributed by atoms with E-state index in [2.05, 4.69) is 135 Å². The van der Waals surface area contributed by atoms with Crippen LogP contribution in [-0.2, 0) is 0 Å². The Kier molecular flexibility index (Phi) is 4.30. The fraction of sp³-hybridized carbons (Fsp3) is 0. The fourth-order valence-corrected chi connectivity index (χ4v) is 6.42. The van der Waals surface area contributed by atoms with Crippen LogP contribution in [0.15, 0.2) is 134 Å². The maximum Gasteiger partial charge on any atom is 0.146 e. The van der Waals surface area contributed by atoms with Gasteiger partial charge in [-0.25, -0.2) is 4.98 Å². The van der Waals surface area contributed by atoms with E-state index in [1.807, 2.05) is 12.4 Å². The lowest BCUT2D eigenvalue weighted by atomic mass is 10.0. The Balaban J connectivity index is 1.46. The quantitative estimate of drug-likeness (QED) is 0.218. The molecule has 0 amide bonds. The summed E-state index contributed by atoms with van der Waals surface area (Å²) in [5, 5.41) is 6.05. The van der Waals surface area contributed by atoms with Crippen LogP contribution in [-0.4, -0.2) is 18.9 Å². The molecule has 0 aliphatic rings. The van der Waals surface area contributed by atoms with E-state index in [4.69, 9.17) is 4.98 Å². The molecular weight excluding hydrogens is 488 g/mol. The molecule has 0 aliphatic heterocycles. The molecule has 9 rings (SSSR count). The van der Waals surface area contributed by atoms with Crippen LogP contribution < -0.4 is 0 Å². The van der Waals surface area contributed by atoms with Crippen LogP contribution in [0.3, 0.4) is 0 Å². The number of hydrogen-bond donors (Lipinski definition) is 0. The summed E-state index contributed by atoms with van der Waals surface area (Å²) in [6.07, 6.45) is 3.69. The van der Waals surface area contributed by atoms with Crippen molar-refractivity contribution in [1.29, 1.82) is 0 Å². The average Bonchev–Trinajstić information content (AvgIpc) is 3.57. The van der Waals surface area contributed by atoms with Crippen LogP contribution in [0, 0.1) is 0 Å². The van der Waals surface area contributed by atoms with E-state index in [1.165, 1.54) is 43.7 Å². The van der Waals surface area contributed by atoms with E-state index < -0.39 is 0 Å². The van der Waals surface area contributed by atoms with Crippen LogP contribution >= 0.6 is 0 Å². The predicted molar refractivity (Wildman–Crippen MR) is 165 cm³/mol. The van der Waals surface area contributed by atoms with Crippen LogP contribution in [0.2, 0.25) is 0 Å². The molecule has 0 aliphatic carbocycles. The van der Waals surface area contributed by atoms with Gasteiger partial charge in [-0.1, -0.05) is 66.7 Å². The molecule has 0 spiro atoms. The van der Waals surface area contributed by atoms with Crippen LogP contribution in [0.5, 0.6) is 0 Å². The van der Waals surface area contributed by atoms with E-state index in [1.54, 1.807) is 0 Å². The SMILES string of the molecule is c1cc(-c2ccncc2)cc(-n2c3ccccc3c3cc4c(cc32)c2ccccc2c2nc3ccccc3n42)c1. The van der Waals surface area contributed by atoms with Gasteiger partial charge >= 0.3 is 0 Å². The predicted octanol–water partition coefficient (Wildman–Crippen LogP) is 8.95. The number of pyridine rings is 2. The molecule has 0 atom stereocenters. The van der Waals surface area contributed by atoms with Crippen molar-refractivity contribution in [3.63, 3.8) is 0 Å². The van der Waals surface area contributed by atoms with Crippen molar-refractivity contribution in [3.8, 4) is 16.8 Å². The smallest absolute Gasteiger partial charge is 0.146 e. The summed E-state index contributed by atoms with van der Waals surface area (Å²) in [7, 11) is 0. The summed E-state index contributed by atoms with van der Waals surface area (Å²) < 4.78 is 4.74. The number of hydrogen-bond acceptors (Lipinski definition) is 2.